The first kappa shape index (κ1) is 20.3. The summed E-state index contributed by atoms with van der Waals surface area (Å²) in [4.78, 5) is 19.8. The van der Waals surface area contributed by atoms with Gasteiger partial charge in [-0.3, -0.25) is 9.69 Å². The van der Waals surface area contributed by atoms with E-state index in [2.05, 4.69) is 10.1 Å². The molecule has 7 nitrogen and oxygen atoms in total. The Morgan fingerprint density at radius 1 is 1.12 bits per heavy atom. The quantitative estimate of drug-likeness (QED) is 0.521. The van der Waals surface area contributed by atoms with E-state index >= 15 is 0 Å². The zero-order valence-corrected chi connectivity index (χ0v) is 16.8. The highest BCUT2D eigenvalue weighted by Crippen LogP contribution is 2.29. The van der Waals surface area contributed by atoms with E-state index < -0.39 is 17.6 Å². The van der Waals surface area contributed by atoms with Crippen LogP contribution in [0.5, 0.6) is 0 Å². The molecular weight excluding hydrogens is 423 g/mol. The highest BCUT2D eigenvalue weighted by Gasteiger charge is 2.36. The van der Waals surface area contributed by atoms with Crippen molar-refractivity contribution in [2.75, 3.05) is 6.54 Å². The second-order valence-electron chi connectivity index (χ2n) is 7.56. The second kappa shape index (κ2) is 7.79. The van der Waals surface area contributed by atoms with Crippen LogP contribution >= 0.6 is 0 Å². The molecule has 1 N–H and O–H groups in total. The standard InChI is InChI=1S/C22H18F3N5O2/c23-22(24,25)21-26-17-8-9-29(13-16(17)20(31)27-21)11-14-12-30(15-5-2-1-3-6-15)28-19(14)18-7-4-10-32-18/h1-7,10,12H,8-9,11,13H2,(H,26,27,31). The Labute approximate surface area is 180 Å². The molecule has 0 saturated heterocycles. The van der Waals surface area contributed by atoms with Gasteiger partial charge in [-0.05, 0) is 24.3 Å². The number of nitrogens with zero attached hydrogens (tertiary/aromatic N) is 4. The van der Waals surface area contributed by atoms with Crippen LogP contribution in [0.2, 0.25) is 0 Å². The number of H-pyrrole nitrogens is 1. The van der Waals surface area contributed by atoms with E-state index in [1.165, 1.54) is 0 Å². The summed E-state index contributed by atoms with van der Waals surface area (Å²) in [5, 5.41) is 4.68. The highest BCUT2D eigenvalue weighted by atomic mass is 19.4. The molecule has 0 radical (unpaired) electrons. The topological polar surface area (TPSA) is 80.0 Å². The van der Waals surface area contributed by atoms with Gasteiger partial charge in [0.05, 0.1) is 23.2 Å². The predicted molar refractivity (Wildman–Crippen MR) is 109 cm³/mol. The van der Waals surface area contributed by atoms with Crippen molar-refractivity contribution in [1.29, 1.82) is 0 Å². The van der Waals surface area contributed by atoms with Crippen LogP contribution in [0.15, 0.2) is 64.1 Å². The lowest BCUT2D eigenvalue weighted by Gasteiger charge is -2.27. The number of hydrogen-bond acceptors (Lipinski definition) is 5. The molecule has 0 bridgehead atoms. The first-order valence-electron chi connectivity index (χ1n) is 9.98. The number of halogens is 3. The maximum Gasteiger partial charge on any atom is 0.449 e. The average molecular weight is 441 g/mol. The number of hydrogen-bond donors (Lipinski definition) is 1. The summed E-state index contributed by atoms with van der Waals surface area (Å²) in [6.45, 7) is 1.11. The molecule has 32 heavy (non-hydrogen) atoms. The van der Waals surface area contributed by atoms with Crippen LogP contribution in [0.1, 0.15) is 22.6 Å². The Morgan fingerprint density at radius 2 is 1.94 bits per heavy atom. The summed E-state index contributed by atoms with van der Waals surface area (Å²) in [7, 11) is 0. The third-order valence-electron chi connectivity index (χ3n) is 5.38. The van der Waals surface area contributed by atoms with Gasteiger partial charge >= 0.3 is 6.18 Å². The van der Waals surface area contributed by atoms with Crippen LogP contribution < -0.4 is 5.56 Å². The van der Waals surface area contributed by atoms with E-state index in [-0.39, 0.29) is 24.2 Å². The summed E-state index contributed by atoms with van der Waals surface area (Å²) < 4.78 is 46.2. The van der Waals surface area contributed by atoms with Crippen molar-refractivity contribution in [2.24, 2.45) is 0 Å². The van der Waals surface area contributed by atoms with Crippen molar-refractivity contribution in [1.82, 2.24) is 24.6 Å². The average Bonchev–Trinajstić information content (AvgIpc) is 3.44. The van der Waals surface area contributed by atoms with Crippen molar-refractivity contribution in [3.63, 3.8) is 0 Å². The molecule has 3 aromatic heterocycles. The second-order valence-corrected chi connectivity index (χ2v) is 7.56. The van der Waals surface area contributed by atoms with Gasteiger partial charge in [0.2, 0.25) is 5.82 Å². The molecular formula is C22H18F3N5O2. The predicted octanol–water partition coefficient (Wildman–Crippen LogP) is 3.79. The summed E-state index contributed by atoms with van der Waals surface area (Å²) in [6, 6.07) is 13.2. The van der Waals surface area contributed by atoms with Crippen LogP contribution in [-0.4, -0.2) is 31.2 Å². The minimum atomic E-state index is -4.69. The van der Waals surface area contributed by atoms with Gasteiger partial charge < -0.3 is 9.40 Å². The van der Waals surface area contributed by atoms with E-state index in [0.29, 0.717) is 24.5 Å². The minimum absolute atomic E-state index is 0.198. The molecule has 0 unspecified atom stereocenters. The molecule has 4 aromatic rings. The number of nitrogens with one attached hydrogen (secondary N) is 1. The van der Waals surface area contributed by atoms with Crippen molar-refractivity contribution in [3.8, 4) is 17.1 Å². The fourth-order valence-corrected chi connectivity index (χ4v) is 3.85. The number of alkyl halides is 3. The maximum absolute atomic E-state index is 13.0. The lowest BCUT2D eigenvalue weighted by molar-refractivity contribution is -0.145. The first-order valence-corrected chi connectivity index (χ1v) is 9.98. The van der Waals surface area contributed by atoms with E-state index in [4.69, 9.17) is 4.42 Å². The van der Waals surface area contributed by atoms with Crippen LogP contribution in [0, 0.1) is 0 Å². The van der Waals surface area contributed by atoms with Crippen molar-refractivity contribution < 1.29 is 17.6 Å². The summed E-state index contributed by atoms with van der Waals surface area (Å²) in [6.07, 6.45) is -0.959. The zero-order valence-electron chi connectivity index (χ0n) is 16.8. The minimum Gasteiger partial charge on any atom is -0.463 e. The normalized spacial score (nSPS) is 14.5. The lowest BCUT2D eigenvalue weighted by Crippen LogP contribution is -2.36. The van der Waals surface area contributed by atoms with Crippen LogP contribution in [0.4, 0.5) is 13.2 Å². The van der Waals surface area contributed by atoms with Crippen molar-refractivity contribution >= 4 is 0 Å². The Hall–Kier alpha value is -3.66. The summed E-state index contributed by atoms with van der Waals surface area (Å²) in [5.74, 6) is -0.639. The van der Waals surface area contributed by atoms with Gasteiger partial charge in [-0.2, -0.15) is 18.3 Å². The number of rotatable bonds is 4. The molecule has 1 aromatic carbocycles. The van der Waals surface area contributed by atoms with Gasteiger partial charge in [0.15, 0.2) is 5.76 Å². The number of aromatic nitrogens is 4. The molecule has 10 heteroatoms. The van der Waals surface area contributed by atoms with Gasteiger partial charge in [-0.25, -0.2) is 9.67 Å². The molecule has 0 saturated carbocycles. The molecule has 0 aliphatic carbocycles. The van der Waals surface area contributed by atoms with Crippen molar-refractivity contribution in [2.45, 2.75) is 25.7 Å². The van der Waals surface area contributed by atoms with Crippen molar-refractivity contribution in [3.05, 3.63) is 87.9 Å². The fourth-order valence-electron chi connectivity index (χ4n) is 3.85. The van der Waals surface area contributed by atoms with Gasteiger partial charge in [-0.15, -0.1) is 0 Å². The van der Waals surface area contributed by atoms with Gasteiger partial charge in [-0.1, -0.05) is 18.2 Å². The Morgan fingerprint density at radius 3 is 2.66 bits per heavy atom. The molecule has 0 fully saturated rings. The van der Waals surface area contributed by atoms with E-state index in [0.717, 1.165) is 11.3 Å². The maximum atomic E-state index is 13.0. The molecule has 1 aliphatic heterocycles. The third-order valence-corrected chi connectivity index (χ3v) is 5.38. The first-order chi connectivity index (χ1) is 15.4. The van der Waals surface area contributed by atoms with Crippen LogP contribution in [0.25, 0.3) is 17.1 Å². The number of fused-ring (bicyclic) bond motifs is 1. The Balaban J connectivity index is 1.45. The van der Waals surface area contributed by atoms with Crippen LogP contribution in [0.3, 0.4) is 0 Å². The van der Waals surface area contributed by atoms with Crippen LogP contribution in [-0.2, 0) is 25.7 Å². The molecule has 0 spiro atoms. The smallest absolute Gasteiger partial charge is 0.449 e. The molecule has 0 amide bonds. The number of benzene rings is 1. The Bertz CT molecular complexity index is 1290. The number of aromatic amines is 1. The number of para-hydroxylation sites is 1. The van der Waals surface area contributed by atoms with Gasteiger partial charge in [0, 0.05) is 37.8 Å². The monoisotopic (exact) mass is 441 g/mol. The van der Waals surface area contributed by atoms with Gasteiger partial charge in [0.1, 0.15) is 5.69 Å². The molecule has 5 rings (SSSR count). The number of furan rings is 1. The molecule has 1 aliphatic rings. The molecule has 164 valence electrons. The fraction of sp³-hybridized carbons (Fsp3) is 0.227. The lowest BCUT2D eigenvalue weighted by atomic mass is 10.1. The molecule has 0 atom stereocenters. The largest absolute Gasteiger partial charge is 0.463 e. The zero-order chi connectivity index (χ0) is 22.3. The third kappa shape index (κ3) is 3.84. The Kier molecular flexibility index (Phi) is 4.93. The van der Waals surface area contributed by atoms with E-state index in [9.17, 15) is 18.0 Å². The highest BCUT2D eigenvalue weighted by molar-refractivity contribution is 5.57. The van der Waals surface area contributed by atoms with E-state index in [1.54, 1.807) is 17.0 Å². The van der Waals surface area contributed by atoms with Gasteiger partial charge in [0.25, 0.3) is 5.56 Å². The summed E-state index contributed by atoms with van der Waals surface area (Å²) >= 11 is 0. The SMILES string of the molecule is O=c1[nH]c(C(F)(F)F)nc2c1CN(Cc1cn(-c3ccccc3)nc1-c1ccco1)CC2. The summed E-state index contributed by atoms with van der Waals surface area (Å²) in [5.41, 5.74) is 2.14. The van der Waals surface area contributed by atoms with E-state index in [1.807, 2.05) is 52.5 Å². The molecule has 4 heterocycles.